The van der Waals surface area contributed by atoms with Crippen LogP contribution in [0.25, 0.3) is 0 Å². The van der Waals surface area contributed by atoms with E-state index in [0.717, 1.165) is 0 Å². The predicted molar refractivity (Wildman–Crippen MR) is 77.7 cm³/mol. The summed E-state index contributed by atoms with van der Waals surface area (Å²) in [6, 6.07) is -1.33. The van der Waals surface area contributed by atoms with E-state index in [4.69, 9.17) is 5.11 Å². The Morgan fingerprint density at radius 2 is 1.88 bits per heavy atom. The van der Waals surface area contributed by atoms with E-state index >= 15 is 0 Å². The van der Waals surface area contributed by atoms with Gasteiger partial charge in [0.05, 0.1) is 19.5 Å². The summed E-state index contributed by atoms with van der Waals surface area (Å²) < 4.78 is 0. The quantitative estimate of drug-likeness (QED) is 0.367. The van der Waals surface area contributed by atoms with E-state index in [-0.39, 0.29) is 32.4 Å². The molecule has 132 valence electrons. The van der Waals surface area contributed by atoms with Gasteiger partial charge in [-0.1, -0.05) is 6.08 Å². The zero-order valence-electron chi connectivity index (χ0n) is 12.7. The number of nitro groups is 2. The third-order valence-electron chi connectivity index (χ3n) is 4.64. The molecule has 1 heterocycles. The first-order valence-electron chi connectivity index (χ1n) is 7.27. The Morgan fingerprint density at radius 1 is 1.21 bits per heavy atom. The molecule has 3 atom stereocenters. The van der Waals surface area contributed by atoms with Gasteiger partial charge >= 0.3 is 11.9 Å². The lowest BCUT2D eigenvalue weighted by molar-refractivity contribution is -0.619. The molecular formula is C13H17N3O8. The molecule has 11 nitrogen and oxygen atoms in total. The lowest BCUT2D eigenvalue weighted by Gasteiger charge is -2.45. The highest BCUT2D eigenvalue weighted by atomic mass is 16.6. The van der Waals surface area contributed by atoms with E-state index in [2.05, 4.69) is 0 Å². The minimum absolute atomic E-state index is 0.0304. The highest BCUT2D eigenvalue weighted by Gasteiger charge is 2.63. The van der Waals surface area contributed by atoms with E-state index in [9.17, 15) is 34.9 Å². The molecule has 0 aromatic heterocycles. The smallest absolute Gasteiger partial charge is 0.320 e. The molecule has 2 aliphatic rings. The summed E-state index contributed by atoms with van der Waals surface area (Å²) in [5, 5.41) is 41.2. The Labute approximate surface area is 135 Å². The molecule has 1 fully saturated rings. The van der Waals surface area contributed by atoms with Crippen LogP contribution in [0.15, 0.2) is 12.2 Å². The second-order valence-corrected chi connectivity index (χ2v) is 6.32. The van der Waals surface area contributed by atoms with Crippen LogP contribution in [0.1, 0.15) is 25.7 Å². The van der Waals surface area contributed by atoms with Gasteiger partial charge in [-0.2, -0.15) is 0 Å². The molecule has 1 aliphatic heterocycles. The fourth-order valence-corrected chi connectivity index (χ4v) is 3.54. The van der Waals surface area contributed by atoms with Crippen LogP contribution in [0.4, 0.5) is 0 Å². The summed E-state index contributed by atoms with van der Waals surface area (Å²) in [5.41, 5.74) is -3.38. The van der Waals surface area contributed by atoms with Crippen LogP contribution < -0.4 is 0 Å². The molecule has 0 saturated carbocycles. The average Bonchev–Trinajstić information content (AvgIpc) is 2.46. The highest BCUT2D eigenvalue weighted by Crippen LogP contribution is 2.41. The van der Waals surface area contributed by atoms with Gasteiger partial charge < -0.3 is 10.2 Å². The molecule has 0 spiro atoms. The van der Waals surface area contributed by atoms with Gasteiger partial charge in [-0.15, -0.1) is 0 Å². The van der Waals surface area contributed by atoms with Crippen molar-refractivity contribution in [1.82, 2.24) is 4.90 Å². The molecule has 11 heteroatoms. The zero-order valence-corrected chi connectivity index (χ0v) is 12.7. The van der Waals surface area contributed by atoms with Gasteiger partial charge in [0, 0.05) is 22.7 Å². The zero-order chi connectivity index (χ0) is 18.1. The number of nitrogens with zero attached hydrogens (tertiary/aromatic N) is 3. The fraction of sp³-hybridized carbons (Fsp3) is 0.692. The first-order valence-corrected chi connectivity index (χ1v) is 7.27. The highest BCUT2D eigenvalue weighted by molar-refractivity contribution is 5.75. The van der Waals surface area contributed by atoms with Gasteiger partial charge in [0.2, 0.25) is 5.54 Å². The van der Waals surface area contributed by atoms with Gasteiger partial charge in [0.15, 0.2) is 0 Å². The molecule has 2 bridgehead atoms. The Balaban J connectivity index is 2.38. The van der Waals surface area contributed by atoms with Crippen molar-refractivity contribution in [3.8, 4) is 0 Å². The van der Waals surface area contributed by atoms with Crippen molar-refractivity contribution in [2.75, 3.05) is 13.1 Å². The number of rotatable bonds is 7. The maximum atomic E-state index is 11.5. The Kier molecular flexibility index (Phi) is 4.56. The van der Waals surface area contributed by atoms with Crippen molar-refractivity contribution in [3.63, 3.8) is 0 Å². The molecule has 0 radical (unpaired) electrons. The lowest BCUT2D eigenvalue weighted by Crippen LogP contribution is -2.68. The minimum Gasteiger partial charge on any atom is -0.481 e. The molecule has 0 aromatic rings. The summed E-state index contributed by atoms with van der Waals surface area (Å²) in [4.78, 5) is 45.2. The maximum Gasteiger partial charge on any atom is 0.320 e. The van der Waals surface area contributed by atoms with Gasteiger partial charge in [0.25, 0.3) is 5.54 Å². The van der Waals surface area contributed by atoms with Crippen molar-refractivity contribution < 1.29 is 29.6 Å². The summed E-state index contributed by atoms with van der Waals surface area (Å²) >= 11 is 0. The predicted octanol–water partition coefficient (Wildman–Crippen LogP) is 0.00100. The average molecular weight is 343 g/mol. The molecular weight excluding hydrogens is 326 g/mol. The second kappa shape index (κ2) is 6.15. The molecule has 2 N–H and O–H groups in total. The Morgan fingerprint density at radius 3 is 2.38 bits per heavy atom. The number of fused-ring (bicyclic) bond motifs is 2. The van der Waals surface area contributed by atoms with Gasteiger partial charge in [-0.3, -0.25) is 34.7 Å². The number of hydrogen-bond acceptors (Lipinski definition) is 7. The van der Waals surface area contributed by atoms with Crippen LogP contribution in [0.2, 0.25) is 0 Å². The lowest BCUT2D eigenvalue weighted by atomic mass is 9.71. The molecule has 1 saturated heterocycles. The minimum atomic E-state index is -1.74. The topological polar surface area (TPSA) is 164 Å². The summed E-state index contributed by atoms with van der Waals surface area (Å²) in [7, 11) is 0. The number of piperidine rings is 1. The normalized spacial score (nSPS) is 30.5. The first kappa shape index (κ1) is 17.8. The molecule has 2 rings (SSSR count). The fourth-order valence-electron chi connectivity index (χ4n) is 3.54. The number of likely N-dealkylation sites (tertiary alicyclic amines) is 1. The number of carboxylic acids is 2. The molecule has 1 aliphatic carbocycles. The van der Waals surface area contributed by atoms with Crippen LogP contribution in [-0.2, 0) is 9.59 Å². The number of aliphatic carboxylic acids is 2. The van der Waals surface area contributed by atoms with Crippen molar-refractivity contribution in [3.05, 3.63) is 32.4 Å². The molecule has 0 unspecified atom stereocenters. The van der Waals surface area contributed by atoms with Crippen LogP contribution in [0, 0.1) is 20.2 Å². The van der Waals surface area contributed by atoms with E-state index in [1.807, 2.05) is 0 Å². The molecule has 0 amide bonds. The first-order chi connectivity index (χ1) is 11.1. The molecule has 0 aromatic carbocycles. The summed E-state index contributed by atoms with van der Waals surface area (Å²) in [6.45, 7) is -0.570. The summed E-state index contributed by atoms with van der Waals surface area (Å²) in [5.74, 6) is -2.55. The Bertz CT molecular complexity index is 620. The summed E-state index contributed by atoms with van der Waals surface area (Å²) in [6.07, 6.45) is 1.63. The van der Waals surface area contributed by atoms with Crippen molar-refractivity contribution in [2.45, 2.75) is 42.8 Å². The number of carbonyl (C=O) groups is 2. The third-order valence-corrected chi connectivity index (χ3v) is 4.64. The standard InChI is InChI=1S/C13H17N3O8/c17-10(18)3-2-9(11(19)20)14-7-12(15(21)22)4-1-5-13(6-12,8-14)16(23)24/h1,4,9H,2-3,5-8H2,(H,17,18)(H,19,20)/t9-,12+,13-/m1/s1. The van der Waals surface area contributed by atoms with Gasteiger partial charge in [-0.25, -0.2) is 0 Å². The van der Waals surface area contributed by atoms with Gasteiger partial charge in [-0.05, 0) is 12.5 Å². The van der Waals surface area contributed by atoms with E-state index in [1.54, 1.807) is 0 Å². The molecule has 24 heavy (non-hydrogen) atoms. The number of hydrogen-bond donors (Lipinski definition) is 2. The second-order valence-electron chi connectivity index (χ2n) is 6.32. The van der Waals surface area contributed by atoms with E-state index in [0.29, 0.717) is 0 Å². The SMILES string of the molecule is O=C(O)CC[C@H](C(=O)O)N1C[C@]2([N+](=O)[O-])C=CC[C@]([N+](=O)[O-])(C1)C2. The number of carboxylic acid groups (broad SMARTS) is 2. The third kappa shape index (κ3) is 3.07. The van der Waals surface area contributed by atoms with E-state index < -0.39 is 45.3 Å². The maximum absolute atomic E-state index is 11.5. The van der Waals surface area contributed by atoms with Crippen LogP contribution in [-0.4, -0.2) is 67.1 Å². The monoisotopic (exact) mass is 343 g/mol. The Hall–Kier alpha value is -2.56. The van der Waals surface area contributed by atoms with Crippen LogP contribution in [0.3, 0.4) is 0 Å². The van der Waals surface area contributed by atoms with Crippen molar-refractivity contribution in [1.29, 1.82) is 0 Å². The largest absolute Gasteiger partial charge is 0.481 e. The van der Waals surface area contributed by atoms with Crippen molar-refractivity contribution >= 4 is 11.9 Å². The van der Waals surface area contributed by atoms with Crippen molar-refractivity contribution in [2.24, 2.45) is 0 Å². The van der Waals surface area contributed by atoms with Crippen LogP contribution >= 0.6 is 0 Å². The van der Waals surface area contributed by atoms with Crippen LogP contribution in [0.5, 0.6) is 0 Å². The van der Waals surface area contributed by atoms with Gasteiger partial charge in [0.1, 0.15) is 6.04 Å². The van der Waals surface area contributed by atoms with E-state index in [1.165, 1.54) is 17.1 Å².